The van der Waals surface area contributed by atoms with Crippen LogP contribution >= 0.6 is 0 Å². The molecule has 199 valence electrons. The van der Waals surface area contributed by atoms with Gasteiger partial charge in [-0.25, -0.2) is 0 Å². The van der Waals surface area contributed by atoms with E-state index < -0.39 is 23.4 Å². The van der Waals surface area contributed by atoms with E-state index in [1.54, 1.807) is 0 Å². The van der Waals surface area contributed by atoms with Gasteiger partial charge in [0.2, 0.25) is 0 Å². The fraction of sp³-hybridized carbons (Fsp3) is 0.630. The van der Waals surface area contributed by atoms with Gasteiger partial charge in [-0.15, -0.1) is 0 Å². The van der Waals surface area contributed by atoms with E-state index in [4.69, 9.17) is 25.5 Å². The summed E-state index contributed by atoms with van der Waals surface area (Å²) < 4.78 is 0. The Balaban J connectivity index is 0.000000561. The molecule has 1 saturated heterocycles. The molecule has 0 aromatic heterocycles. The second-order valence-corrected chi connectivity index (χ2v) is 8.96. The van der Waals surface area contributed by atoms with E-state index in [2.05, 4.69) is 30.9 Å². The first-order valence-electron chi connectivity index (χ1n) is 12.6. The topological polar surface area (TPSA) is 150 Å². The van der Waals surface area contributed by atoms with Gasteiger partial charge in [-0.1, -0.05) is 108 Å². The lowest BCUT2D eigenvalue weighted by atomic mass is 9.88. The van der Waals surface area contributed by atoms with E-state index >= 15 is 0 Å². The Morgan fingerprint density at radius 3 is 1.71 bits per heavy atom. The molecule has 35 heavy (non-hydrogen) atoms. The summed E-state index contributed by atoms with van der Waals surface area (Å²) in [4.78, 5) is 31.0. The number of carbonyl (C=O) groups is 3. The zero-order valence-electron chi connectivity index (χ0n) is 21.2. The Hall–Kier alpha value is -2.45. The summed E-state index contributed by atoms with van der Waals surface area (Å²) in [7, 11) is 0. The molecule has 1 aromatic carbocycles. The predicted molar refractivity (Wildman–Crippen MR) is 130 cm³/mol. The number of nitrogens with two attached hydrogens (primary N) is 1. The van der Waals surface area contributed by atoms with Gasteiger partial charge < -0.3 is 35.4 Å². The van der Waals surface area contributed by atoms with Crippen molar-refractivity contribution < 1.29 is 29.7 Å². The molecule has 1 heterocycles. The van der Waals surface area contributed by atoms with Gasteiger partial charge in [0.25, 0.3) is 0 Å². The Kier molecular flexibility index (Phi) is 18.4. The van der Waals surface area contributed by atoms with Crippen LogP contribution in [0, 0.1) is 6.92 Å². The van der Waals surface area contributed by atoms with E-state index in [0.29, 0.717) is 25.9 Å². The maximum Gasteiger partial charge on any atom is 0.0870 e. The molecule has 0 bridgehead atoms. The first-order chi connectivity index (χ1) is 16.7. The van der Waals surface area contributed by atoms with Crippen molar-refractivity contribution in [3.63, 3.8) is 0 Å². The maximum absolute atomic E-state index is 10.9. The molecule has 0 atom stereocenters. The number of carbonyl (C=O) groups excluding carboxylic acids is 3. The van der Waals surface area contributed by atoms with Crippen LogP contribution < -0.4 is 21.1 Å². The minimum absolute atomic E-state index is 0.460. The van der Waals surface area contributed by atoms with E-state index in [0.717, 1.165) is 13.0 Å². The quantitative estimate of drug-likeness (QED) is 0.336. The molecule has 1 aromatic rings. The summed E-state index contributed by atoms with van der Waals surface area (Å²) in [5.41, 5.74) is 5.88. The Morgan fingerprint density at radius 1 is 0.857 bits per heavy atom. The van der Waals surface area contributed by atoms with Gasteiger partial charge in [0.05, 0.1) is 23.4 Å². The zero-order chi connectivity index (χ0) is 26.5. The van der Waals surface area contributed by atoms with Crippen molar-refractivity contribution in [1.29, 1.82) is 0 Å². The first kappa shape index (κ1) is 32.5. The number of rotatable bonds is 12. The van der Waals surface area contributed by atoms with Crippen LogP contribution in [0.1, 0.15) is 89.5 Å². The van der Waals surface area contributed by atoms with Crippen molar-refractivity contribution in [3.05, 3.63) is 42.8 Å². The molecule has 2 rings (SSSR count). The highest BCUT2D eigenvalue weighted by atomic mass is 16.4. The summed E-state index contributed by atoms with van der Waals surface area (Å²) >= 11 is 0. The molecule has 0 amide bonds. The minimum Gasteiger partial charge on any atom is -0.548 e. The molecule has 1 fully saturated rings. The number of unbranched alkanes of at least 4 members (excludes halogenated alkanes) is 9. The summed E-state index contributed by atoms with van der Waals surface area (Å²) in [6, 6.07) is 10.1. The average molecular weight is 491 g/mol. The molecule has 1 aliphatic heterocycles. The third-order valence-corrected chi connectivity index (χ3v) is 5.92. The highest BCUT2D eigenvalue weighted by molar-refractivity contribution is 6.25. The Bertz CT molecular complexity index is 681. The third-order valence-electron chi connectivity index (χ3n) is 5.92. The smallest absolute Gasteiger partial charge is 0.0870 e. The van der Waals surface area contributed by atoms with E-state index in [1.165, 1.54) is 63.4 Å². The molecular formula is C27H42N2O6-3. The van der Waals surface area contributed by atoms with Crippen molar-refractivity contribution in [2.45, 2.75) is 96.1 Å². The number of hydrogen-bond donors (Lipinski definition) is 1. The van der Waals surface area contributed by atoms with Gasteiger partial charge >= 0.3 is 0 Å². The van der Waals surface area contributed by atoms with Crippen LogP contribution in [0.3, 0.4) is 0 Å². The van der Waals surface area contributed by atoms with Crippen molar-refractivity contribution in [2.75, 3.05) is 13.1 Å². The predicted octanol–water partition coefficient (Wildman–Crippen LogP) is 0.957. The molecule has 1 aliphatic rings. The lowest BCUT2D eigenvalue weighted by molar-refractivity contribution is -0.345. The van der Waals surface area contributed by atoms with Crippen molar-refractivity contribution >= 4 is 17.9 Å². The lowest BCUT2D eigenvalue weighted by Gasteiger charge is -2.39. The SMILES string of the molecule is NC1(C(=O)[O-])CCN(Cc2ccccc2)CC1.O=C([O-])C(=O)[O-].[CH2]CCCCCCCCCCC. The van der Waals surface area contributed by atoms with Gasteiger partial charge in [0.15, 0.2) is 0 Å². The number of piperidine rings is 1. The summed E-state index contributed by atoms with van der Waals surface area (Å²) in [5, 5.41) is 28.7. The number of likely N-dealkylation sites (tertiary alicyclic amines) is 1. The number of benzene rings is 1. The summed E-state index contributed by atoms with van der Waals surface area (Å²) in [6.07, 6.45) is 14.8. The van der Waals surface area contributed by atoms with Crippen LogP contribution in [0.15, 0.2) is 30.3 Å². The first-order valence-corrected chi connectivity index (χ1v) is 12.6. The molecular weight excluding hydrogens is 448 g/mol. The maximum atomic E-state index is 10.9. The number of nitrogens with zero attached hydrogens (tertiary/aromatic N) is 1. The fourth-order valence-corrected chi connectivity index (χ4v) is 3.64. The molecule has 0 unspecified atom stereocenters. The minimum atomic E-state index is -2.19. The van der Waals surface area contributed by atoms with Crippen LogP contribution in [0.2, 0.25) is 0 Å². The Labute approximate surface area is 210 Å². The van der Waals surface area contributed by atoms with Gasteiger partial charge in [-0.2, -0.15) is 0 Å². The normalized spacial score (nSPS) is 14.6. The average Bonchev–Trinajstić information content (AvgIpc) is 2.84. The number of hydrogen-bond acceptors (Lipinski definition) is 8. The monoisotopic (exact) mass is 490 g/mol. The zero-order valence-corrected chi connectivity index (χ0v) is 21.2. The molecule has 0 spiro atoms. The summed E-state index contributed by atoms with van der Waals surface area (Å²) in [5.74, 6) is -5.50. The summed E-state index contributed by atoms with van der Waals surface area (Å²) in [6.45, 7) is 8.38. The highest BCUT2D eigenvalue weighted by Crippen LogP contribution is 2.20. The molecule has 0 saturated carbocycles. The van der Waals surface area contributed by atoms with Gasteiger partial charge in [0.1, 0.15) is 0 Å². The third kappa shape index (κ3) is 16.8. The van der Waals surface area contributed by atoms with Crippen molar-refractivity contribution in [1.82, 2.24) is 4.90 Å². The molecule has 0 aliphatic carbocycles. The van der Waals surface area contributed by atoms with Crippen LogP contribution in [0.4, 0.5) is 0 Å². The van der Waals surface area contributed by atoms with Gasteiger partial charge in [0, 0.05) is 19.6 Å². The van der Waals surface area contributed by atoms with Crippen LogP contribution in [-0.4, -0.2) is 41.4 Å². The lowest BCUT2D eigenvalue weighted by Crippen LogP contribution is -2.60. The van der Waals surface area contributed by atoms with Gasteiger partial charge in [-0.05, 0) is 18.4 Å². The highest BCUT2D eigenvalue weighted by Gasteiger charge is 2.31. The fourth-order valence-electron chi connectivity index (χ4n) is 3.64. The molecule has 2 N–H and O–H groups in total. The largest absolute Gasteiger partial charge is 0.548 e. The number of carboxylic acids is 3. The van der Waals surface area contributed by atoms with E-state index in [-0.39, 0.29) is 0 Å². The van der Waals surface area contributed by atoms with Crippen LogP contribution in [0.25, 0.3) is 0 Å². The second-order valence-electron chi connectivity index (χ2n) is 8.96. The van der Waals surface area contributed by atoms with Crippen LogP contribution in [-0.2, 0) is 20.9 Å². The Morgan fingerprint density at radius 2 is 1.31 bits per heavy atom. The molecule has 8 nitrogen and oxygen atoms in total. The van der Waals surface area contributed by atoms with E-state index in [9.17, 15) is 9.90 Å². The molecule has 1 radical (unpaired) electrons. The number of aliphatic carboxylic acids is 3. The second kappa shape index (κ2) is 19.8. The molecule has 8 heteroatoms. The number of carboxylic acid groups (broad SMARTS) is 3. The van der Waals surface area contributed by atoms with Crippen molar-refractivity contribution in [2.24, 2.45) is 5.73 Å². The van der Waals surface area contributed by atoms with Crippen molar-refractivity contribution in [3.8, 4) is 0 Å². The van der Waals surface area contributed by atoms with Crippen LogP contribution in [0.5, 0.6) is 0 Å². The van der Waals surface area contributed by atoms with Gasteiger partial charge in [-0.3, -0.25) is 4.90 Å². The standard InChI is InChI=1S/C13H18N2O2.C12H25.C2H2O4/c14-13(12(16)17)6-8-15(9-7-13)10-11-4-2-1-3-5-11;1-3-5-7-9-11-12-10-8-6-4-2;3-1(4)2(5)6/h1-5H,6-10,14H2,(H,16,17);1,3-12H2,2H3;(H,3,4)(H,5,6)/p-3. The van der Waals surface area contributed by atoms with E-state index in [1.807, 2.05) is 18.2 Å².